The van der Waals surface area contributed by atoms with Gasteiger partial charge in [-0.2, -0.15) is 13.2 Å². The van der Waals surface area contributed by atoms with E-state index < -0.39 is 23.6 Å². The summed E-state index contributed by atoms with van der Waals surface area (Å²) in [4.78, 5) is 24.6. The Morgan fingerprint density at radius 3 is 2.53 bits per heavy atom. The van der Waals surface area contributed by atoms with Gasteiger partial charge in [-0.05, 0) is 42.0 Å². The van der Waals surface area contributed by atoms with E-state index in [1.54, 1.807) is 30.3 Å². The molecule has 2 aromatic carbocycles. The number of ether oxygens (including phenoxy) is 1. The molecule has 10 heteroatoms. The maximum Gasteiger partial charge on any atom is 0.416 e. The Morgan fingerprint density at radius 1 is 1.20 bits per heavy atom. The second-order valence-corrected chi connectivity index (χ2v) is 7.80. The number of thioether (sulfide) groups is 1. The zero-order chi connectivity index (χ0) is 21.9. The molecule has 0 bridgehead atoms. The van der Waals surface area contributed by atoms with E-state index in [0.29, 0.717) is 11.3 Å². The van der Waals surface area contributed by atoms with Crippen LogP contribution >= 0.6 is 24.0 Å². The van der Waals surface area contributed by atoms with Crippen LogP contribution in [-0.2, 0) is 15.8 Å². The topological polar surface area (TPSA) is 66.8 Å². The van der Waals surface area contributed by atoms with Gasteiger partial charge in [0, 0.05) is 0 Å². The van der Waals surface area contributed by atoms with Crippen LogP contribution in [0.5, 0.6) is 5.75 Å². The average Bonchev–Trinajstić information content (AvgIpc) is 2.95. The number of alkyl halides is 3. The number of thiocarbonyl (C=S) groups is 1. The van der Waals surface area contributed by atoms with Crippen molar-refractivity contribution in [2.75, 3.05) is 11.5 Å². The lowest BCUT2D eigenvalue weighted by Gasteiger charge is -2.16. The lowest BCUT2D eigenvalue weighted by atomic mass is 10.1. The highest BCUT2D eigenvalue weighted by atomic mass is 32.2. The number of carboxylic acid groups (broad SMARTS) is 1. The third-order valence-corrected chi connectivity index (χ3v) is 5.29. The van der Waals surface area contributed by atoms with Crippen molar-refractivity contribution in [1.82, 2.24) is 0 Å². The molecule has 30 heavy (non-hydrogen) atoms. The molecule has 1 heterocycles. The number of hydrogen-bond donors (Lipinski definition) is 1. The van der Waals surface area contributed by atoms with Crippen molar-refractivity contribution in [2.24, 2.45) is 0 Å². The molecular formula is C20H14F3NO4S2. The molecule has 0 unspecified atom stereocenters. The molecule has 1 N–H and O–H groups in total. The summed E-state index contributed by atoms with van der Waals surface area (Å²) in [6, 6.07) is 11.0. The highest BCUT2D eigenvalue weighted by molar-refractivity contribution is 8.27. The molecule has 1 saturated heterocycles. The lowest BCUT2D eigenvalue weighted by Crippen LogP contribution is -2.27. The fraction of sp³-hybridized carbons (Fsp3) is 0.150. The number of anilines is 1. The van der Waals surface area contributed by atoms with Crippen molar-refractivity contribution in [1.29, 1.82) is 0 Å². The van der Waals surface area contributed by atoms with Crippen LogP contribution in [0.1, 0.15) is 17.5 Å². The summed E-state index contributed by atoms with van der Waals surface area (Å²) in [5.41, 5.74) is -0.153. The summed E-state index contributed by atoms with van der Waals surface area (Å²) in [5, 5.41) is 8.61. The monoisotopic (exact) mass is 453 g/mol. The SMILES string of the molecule is O=C(O)CCOc1ccc(/C=C2/SC(=S)N(c3cccc(C(F)(F)F)c3)C2=O)cc1. The standard InChI is InChI=1S/C20H14F3NO4S2/c21-20(22,23)13-2-1-3-14(11-13)24-18(27)16(30-19(24)29)10-12-4-6-15(7-5-12)28-9-8-17(25)26/h1-7,10-11H,8-9H2,(H,25,26)/b16-10+. The first-order valence-corrected chi connectivity index (χ1v) is 9.77. The van der Waals surface area contributed by atoms with E-state index in [9.17, 15) is 22.8 Å². The number of benzene rings is 2. The molecule has 1 amide bonds. The zero-order valence-corrected chi connectivity index (χ0v) is 16.8. The normalized spacial score (nSPS) is 15.7. The van der Waals surface area contributed by atoms with Gasteiger partial charge in [-0.1, -0.05) is 42.2 Å². The first-order chi connectivity index (χ1) is 14.1. The first-order valence-electron chi connectivity index (χ1n) is 8.55. The Hall–Kier alpha value is -2.85. The molecular weight excluding hydrogens is 439 g/mol. The zero-order valence-electron chi connectivity index (χ0n) is 15.2. The van der Waals surface area contributed by atoms with Crippen LogP contribution in [0, 0.1) is 0 Å². The van der Waals surface area contributed by atoms with E-state index in [4.69, 9.17) is 22.1 Å². The fourth-order valence-corrected chi connectivity index (χ4v) is 3.88. The molecule has 156 valence electrons. The number of aliphatic carboxylic acids is 1. The summed E-state index contributed by atoms with van der Waals surface area (Å²) in [7, 11) is 0. The van der Waals surface area contributed by atoms with Crippen molar-refractivity contribution in [2.45, 2.75) is 12.6 Å². The molecule has 0 saturated carbocycles. The quantitative estimate of drug-likeness (QED) is 0.492. The van der Waals surface area contributed by atoms with Gasteiger partial charge < -0.3 is 9.84 Å². The van der Waals surface area contributed by atoms with E-state index in [1.807, 2.05) is 0 Å². The molecule has 5 nitrogen and oxygen atoms in total. The van der Waals surface area contributed by atoms with Gasteiger partial charge in [-0.25, -0.2) is 0 Å². The van der Waals surface area contributed by atoms with Crippen LogP contribution in [0.4, 0.5) is 18.9 Å². The summed E-state index contributed by atoms with van der Waals surface area (Å²) in [6.07, 6.45) is -3.08. The Labute approximate surface area is 179 Å². The second kappa shape index (κ2) is 8.88. The molecule has 0 aromatic heterocycles. The largest absolute Gasteiger partial charge is 0.493 e. The number of hydrogen-bond acceptors (Lipinski definition) is 5. The Kier molecular flexibility index (Phi) is 6.47. The van der Waals surface area contributed by atoms with Gasteiger partial charge >= 0.3 is 12.1 Å². The van der Waals surface area contributed by atoms with Gasteiger partial charge in [0.25, 0.3) is 5.91 Å². The minimum absolute atomic E-state index is 0.0321. The number of carbonyl (C=O) groups is 2. The highest BCUT2D eigenvalue weighted by Crippen LogP contribution is 2.38. The van der Waals surface area contributed by atoms with E-state index >= 15 is 0 Å². The predicted molar refractivity (Wildman–Crippen MR) is 111 cm³/mol. The van der Waals surface area contributed by atoms with E-state index in [0.717, 1.165) is 28.8 Å². The Balaban J connectivity index is 1.76. The molecule has 1 aliphatic rings. The number of nitrogens with zero attached hydrogens (tertiary/aromatic N) is 1. The van der Waals surface area contributed by atoms with Crippen molar-refractivity contribution < 1.29 is 32.6 Å². The van der Waals surface area contributed by atoms with Crippen molar-refractivity contribution >= 4 is 51.9 Å². The maximum atomic E-state index is 13.0. The third kappa shape index (κ3) is 5.19. The van der Waals surface area contributed by atoms with Crippen molar-refractivity contribution in [3.63, 3.8) is 0 Å². The van der Waals surface area contributed by atoms with Crippen LogP contribution in [0.3, 0.4) is 0 Å². The maximum absolute atomic E-state index is 13.0. The number of carbonyl (C=O) groups excluding carboxylic acids is 1. The third-order valence-electron chi connectivity index (χ3n) is 3.99. The van der Waals surface area contributed by atoms with Gasteiger partial charge in [0.05, 0.1) is 29.2 Å². The minimum Gasteiger partial charge on any atom is -0.493 e. The van der Waals surface area contributed by atoms with Crippen LogP contribution < -0.4 is 9.64 Å². The Morgan fingerprint density at radius 2 is 1.90 bits per heavy atom. The molecule has 1 aliphatic heterocycles. The number of carboxylic acids is 1. The molecule has 0 spiro atoms. The molecule has 3 rings (SSSR count). The van der Waals surface area contributed by atoms with E-state index in [-0.39, 0.29) is 27.9 Å². The van der Waals surface area contributed by atoms with Crippen LogP contribution in [0.25, 0.3) is 6.08 Å². The molecule has 0 radical (unpaired) electrons. The van der Waals surface area contributed by atoms with Gasteiger partial charge in [0.2, 0.25) is 0 Å². The van der Waals surface area contributed by atoms with Crippen molar-refractivity contribution in [3.8, 4) is 5.75 Å². The first kappa shape index (κ1) is 21.8. The van der Waals surface area contributed by atoms with Gasteiger partial charge in [-0.15, -0.1) is 0 Å². The molecule has 0 aliphatic carbocycles. The smallest absolute Gasteiger partial charge is 0.416 e. The average molecular weight is 453 g/mol. The van der Waals surface area contributed by atoms with E-state index in [1.165, 1.54) is 12.1 Å². The number of amides is 1. The van der Waals surface area contributed by atoms with Crippen LogP contribution in [-0.4, -0.2) is 27.9 Å². The second-order valence-electron chi connectivity index (χ2n) is 6.13. The molecule has 0 atom stereocenters. The van der Waals surface area contributed by atoms with Crippen molar-refractivity contribution in [3.05, 3.63) is 64.6 Å². The summed E-state index contributed by atoms with van der Waals surface area (Å²) in [5.74, 6) is -0.995. The van der Waals surface area contributed by atoms with E-state index in [2.05, 4.69) is 0 Å². The van der Waals surface area contributed by atoms with Crippen LogP contribution in [0.2, 0.25) is 0 Å². The van der Waals surface area contributed by atoms with Gasteiger partial charge in [0.15, 0.2) is 4.32 Å². The highest BCUT2D eigenvalue weighted by Gasteiger charge is 2.36. The molecule has 2 aromatic rings. The van der Waals surface area contributed by atoms with Gasteiger partial charge in [-0.3, -0.25) is 14.5 Å². The van der Waals surface area contributed by atoms with Crippen LogP contribution in [0.15, 0.2) is 53.4 Å². The summed E-state index contributed by atoms with van der Waals surface area (Å²) >= 11 is 6.19. The predicted octanol–water partition coefficient (Wildman–Crippen LogP) is 4.96. The number of halogens is 3. The minimum atomic E-state index is -4.53. The Bertz CT molecular complexity index is 1020. The summed E-state index contributed by atoms with van der Waals surface area (Å²) < 4.78 is 44.3. The lowest BCUT2D eigenvalue weighted by molar-refractivity contribution is -0.138. The van der Waals surface area contributed by atoms with Gasteiger partial charge in [0.1, 0.15) is 5.75 Å². The number of rotatable bonds is 6. The fourth-order valence-electron chi connectivity index (χ4n) is 2.58. The summed E-state index contributed by atoms with van der Waals surface area (Å²) in [6.45, 7) is 0.0321. The molecule has 1 fully saturated rings.